The molecule has 88 valence electrons. The Hall–Kier alpha value is -0.770. The van der Waals surface area contributed by atoms with E-state index in [-0.39, 0.29) is 18.7 Å². The maximum atomic E-state index is 11.5. The Morgan fingerprint density at radius 2 is 2.33 bits per heavy atom. The van der Waals surface area contributed by atoms with Gasteiger partial charge in [0, 0.05) is 25.6 Å². The Kier molecular flexibility index (Phi) is 5.47. The van der Waals surface area contributed by atoms with Crippen LogP contribution in [0.1, 0.15) is 39.0 Å². The van der Waals surface area contributed by atoms with Crippen molar-refractivity contribution in [3.05, 3.63) is 0 Å². The molecule has 1 fully saturated rings. The van der Waals surface area contributed by atoms with E-state index in [0.717, 1.165) is 32.2 Å². The van der Waals surface area contributed by atoms with Crippen LogP contribution >= 0.6 is 0 Å². The number of hydrogen-bond donors (Lipinski definition) is 1. The van der Waals surface area contributed by atoms with Gasteiger partial charge < -0.3 is 14.7 Å². The van der Waals surface area contributed by atoms with E-state index in [2.05, 4.69) is 6.92 Å². The highest BCUT2D eigenvalue weighted by Crippen LogP contribution is 2.17. The summed E-state index contributed by atoms with van der Waals surface area (Å²) >= 11 is 0. The summed E-state index contributed by atoms with van der Waals surface area (Å²) in [7, 11) is 0. The van der Waals surface area contributed by atoms with Crippen LogP contribution in [0.2, 0.25) is 0 Å². The molecule has 15 heavy (non-hydrogen) atoms. The summed E-state index contributed by atoms with van der Waals surface area (Å²) in [5.74, 6) is 0. The molecule has 4 heteroatoms. The monoisotopic (exact) mass is 215 g/mol. The second-order valence-corrected chi connectivity index (χ2v) is 3.97. The molecule has 0 radical (unpaired) electrons. The molecular formula is C11H21NO3. The zero-order valence-electron chi connectivity index (χ0n) is 9.45. The van der Waals surface area contributed by atoms with Crippen LogP contribution in [0.25, 0.3) is 0 Å². The van der Waals surface area contributed by atoms with Gasteiger partial charge in [0.05, 0.1) is 6.61 Å². The number of rotatable bonds is 6. The predicted octanol–water partition coefficient (Wildman–Crippen LogP) is 1.77. The van der Waals surface area contributed by atoms with Crippen LogP contribution in [0.5, 0.6) is 0 Å². The summed E-state index contributed by atoms with van der Waals surface area (Å²) in [6, 6.07) is 0.174. The van der Waals surface area contributed by atoms with E-state index in [4.69, 9.17) is 9.84 Å². The molecule has 1 N–H and O–H groups in total. The molecule has 1 amide bonds. The molecule has 1 heterocycles. The SMILES string of the molecule is CCCCCN1C(=O)OCCC1CCO. The van der Waals surface area contributed by atoms with Crippen LogP contribution in [0.15, 0.2) is 0 Å². The average Bonchev–Trinajstić information content (AvgIpc) is 2.23. The lowest BCUT2D eigenvalue weighted by Crippen LogP contribution is -2.46. The second kappa shape index (κ2) is 6.67. The standard InChI is InChI=1S/C11H21NO3/c1-2-3-4-7-12-10(5-8-13)6-9-15-11(12)14/h10,13H,2-9H2,1H3. The third-order valence-electron chi connectivity index (χ3n) is 2.82. The summed E-state index contributed by atoms with van der Waals surface area (Å²) in [6.07, 6.45) is 4.60. The van der Waals surface area contributed by atoms with Crippen molar-refractivity contribution in [2.24, 2.45) is 0 Å². The normalized spacial score (nSPS) is 21.6. The highest BCUT2D eigenvalue weighted by Gasteiger charge is 2.28. The first-order chi connectivity index (χ1) is 7.29. The van der Waals surface area contributed by atoms with Gasteiger partial charge in [0.2, 0.25) is 0 Å². The first-order valence-corrected chi connectivity index (χ1v) is 5.83. The molecule has 1 aliphatic rings. The third-order valence-corrected chi connectivity index (χ3v) is 2.82. The zero-order chi connectivity index (χ0) is 11.1. The highest BCUT2D eigenvalue weighted by molar-refractivity contribution is 5.68. The van der Waals surface area contributed by atoms with Gasteiger partial charge in [-0.05, 0) is 12.8 Å². The summed E-state index contributed by atoms with van der Waals surface area (Å²) < 4.78 is 5.00. The Labute approximate surface area is 91.2 Å². The van der Waals surface area contributed by atoms with E-state index < -0.39 is 0 Å². The van der Waals surface area contributed by atoms with E-state index in [1.165, 1.54) is 0 Å². The minimum atomic E-state index is -0.212. The number of amides is 1. The van der Waals surface area contributed by atoms with Gasteiger partial charge in [-0.3, -0.25) is 0 Å². The summed E-state index contributed by atoms with van der Waals surface area (Å²) in [6.45, 7) is 3.53. The summed E-state index contributed by atoms with van der Waals surface area (Å²) in [5, 5.41) is 8.92. The number of aliphatic hydroxyl groups is 1. The lowest BCUT2D eigenvalue weighted by molar-refractivity contribution is 0.0361. The average molecular weight is 215 g/mol. The van der Waals surface area contributed by atoms with Gasteiger partial charge in [-0.15, -0.1) is 0 Å². The highest BCUT2D eigenvalue weighted by atomic mass is 16.6. The van der Waals surface area contributed by atoms with Gasteiger partial charge in [-0.2, -0.15) is 0 Å². The van der Waals surface area contributed by atoms with Crippen molar-refractivity contribution in [2.75, 3.05) is 19.8 Å². The first-order valence-electron chi connectivity index (χ1n) is 5.83. The molecule has 0 bridgehead atoms. The molecule has 4 nitrogen and oxygen atoms in total. The molecule has 0 aromatic rings. The van der Waals surface area contributed by atoms with Crippen molar-refractivity contribution in [1.29, 1.82) is 0 Å². The Morgan fingerprint density at radius 1 is 1.53 bits per heavy atom. The Morgan fingerprint density at radius 3 is 3.00 bits per heavy atom. The van der Waals surface area contributed by atoms with Crippen LogP contribution in [0.4, 0.5) is 4.79 Å². The van der Waals surface area contributed by atoms with Gasteiger partial charge in [0.25, 0.3) is 0 Å². The largest absolute Gasteiger partial charge is 0.449 e. The molecule has 1 aliphatic heterocycles. The number of aliphatic hydroxyl groups excluding tert-OH is 1. The van der Waals surface area contributed by atoms with Crippen LogP contribution in [0, 0.1) is 0 Å². The molecule has 0 saturated carbocycles. The molecule has 0 aliphatic carbocycles. The van der Waals surface area contributed by atoms with Crippen molar-refractivity contribution >= 4 is 6.09 Å². The fraction of sp³-hybridized carbons (Fsp3) is 0.909. The lowest BCUT2D eigenvalue weighted by Gasteiger charge is -2.34. The summed E-state index contributed by atoms with van der Waals surface area (Å²) in [5.41, 5.74) is 0. The predicted molar refractivity (Wildman–Crippen MR) is 57.7 cm³/mol. The number of unbranched alkanes of at least 4 members (excludes halogenated alkanes) is 2. The lowest BCUT2D eigenvalue weighted by atomic mass is 10.1. The number of ether oxygens (including phenoxy) is 1. The maximum Gasteiger partial charge on any atom is 0.410 e. The summed E-state index contributed by atoms with van der Waals surface area (Å²) in [4.78, 5) is 13.3. The fourth-order valence-corrected chi connectivity index (χ4v) is 1.93. The number of carbonyl (C=O) groups excluding carboxylic acids is 1. The first kappa shape index (κ1) is 12.3. The van der Waals surface area contributed by atoms with E-state index in [9.17, 15) is 4.79 Å². The van der Waals surface area contributed by atoms with Crippen LogP contribution in [-0.2, 0) is 4.74 Å². The molecule has 0 aromatic heterocycles. The van der Waals surface area contributed by atoms with Crippen LogP contribution < -0.4 is 0 Å². The van der Waals surface area contributed by atoms with Gasteiger partial charge in [-0.25, -0.2) is 4.79 Å². The van der Waals surface area contributed by atoms with Crippen molar-refractivity contribution < 1.29 is 14.6 Å². The van der Waals surface area contributed by atoms with E-state index in [1.54, 1.807) is 4.90 Å². The quantitative estimate of drug-likeness (QED) is 0.687. The van der Waals surface area contributed by atoms with Gasteiger partial charge in [-0.1, -0.05) is 19.8 Å². The van der Waals surface area contributed by atoms with E-state index in [1.807, 2.05) is 0 Å². The van der Waals surface area contributed by atoms with Gasteiger partial charge in [0.1, 0.15) is 0 Å². The second-order valence-electron chi connectivity index (χ2n) is 3.97. The number of hydrogen-bond acceptors (Lipinski definition) is 3. The Balaban J connectivity index is 2.41. The molecule has 1 unspecified atom stereocenters. The molecule has 1 rings (SSSR count). The van der Waals surface area contributed by atoms with Crippen molar-refractivity contribution in [1.82, 2.24) is 4.90 Å². The van der Waals surface area contributed by atoms with Crippen LogP contribution in [-0.4, -0.2) is 41.9 Å². The van der Waals surface area contributed by atoms with Gasteiger partial charge in [0.15, 0.2) is 0 Å². The Bertz CT molecular complexity index is 194. The number of cyclic esters (lactones) is 1. The van der Waals surface area contributed by atoms with Gasteiger partial charge >= 0.3 is 6.09 Å². The van der Waals surface area contributed by atoms with Crippen molar-refractivity contribution in [3.8, 4) is 0 Å². The minimum absolute atomic E-state index is 0.141. The topological polar surface area (TPSA) is 49.8 Å². The number of nitrogens with zero attached hydrogens (tertiary/aromatic N) is 1. The third kappa shape index (κ3) is 3.70. The maximum absolute atomic E-state index is 11.5. The van der Waals surface area contributed by atoms with Crippen LogP contribution in [0.3, 0.4) is 0 Å². The molecule has 0 aromatic carbocycles. The molecule has 0 spiro atoms. The molecule has 1 saturated heterocycles. The van der Waals surface area contributed by atoms with Crippen molar-refractivity contribution in [2.45, 2.75) is 45.1 Å². The molecular weight excluding hydrogens is 194 g/mol. The number of carbonyl (C=O) groups is 1. The zero-order valence-corrected chi connectivity index (χ0v) is 9.45. The smallest absolute Gasteiger partial charge is 0.410 e. The van der Waals surface area contributed by atoms with E-state index >= 15 is 0 Å². The minimum Gasteiger partial charge on any atom is -0.449 e. The molecule has 1 atom stereocenters. The van der Waals surface area contributed by atoms with Crippen molar-refractivity contribution in [3.63, 3.8) is 0 Å². The fourth-order valence-electron chi connectivity index (χ4n) is 1.93. The van der Waals surface area contributed by atoms with E-state index in [0.29, 0.717) is 13.0 Å².